The van der Waals surface area contributed by atoms with Gasteiger partial charge in [-0.05, 0) is 24.1 Å². The number of hydrogen-bond acceptors (Lipinski definition) is 18. The van der Waals surface area contributed by atoms with E-state index in [-0.39, 0.29) is 63.6 Å². The van der Waals surface area contributed by atoms with Gasteiger partial charge in [-0.1, -0.05) is 12.1 Å². The van der Waals surface area contributed by atoms with Crippen LogP contribution in [0, 0.1) is 29.1 Å². The van der Waals surface area contributed by atoms with Crippen molar-refractivity contribution in [3.8, 4) is 5.75 Å². The number of nitrogens with zero attached hydrogens (tertiary/aromatic N) is 1. The molecule has 2 aromatic rings. The molecule has 1 aliphatic rings. The maximum atomic E-state index is 13.6. The second kappa shape index (κ2) is 41.0. The highest BCUT2D eigenvalue weighted by molar-refractivity contribution is 5.99. The summed E-state index contributed by atoms with van der Waals surface area (Å²) in [7, 11) is 0. The van der Waals surface area contributed by atoms with E-state index in [1.54, 1.807) is 12.1 Å². The Morgan fingerprint density at radius 1 is 0.425 bits per heavy atom. The summed E-state index contributed by atoms with van der Waals surface area (Å²) < 4.78 is 141. The van der Waals surface area contributed by atoms with Gasteiger partial charge in [0.25, 0.3) is 0 Å². The Morgan fingerprint density at radius 2 is 0.740 bits per heavy atom. The third-order valence-corrected chi connectivity index (χ3v) is 9.79. The number of β-lactam (4-membered cyclic amide) rings is 1. The summed E-state index contributed by atoms with van der Waals surface area (Å²) in [5.74, 6) is -14.6. The number of carbonyl (C=O) groups is 4. The van der Waals surface area contributed by atoms with Crippen LogP contribution in [0.2, 0.25) is 0 Å². The lowest BCUT2D eigenvalue weighted by Gasteiger charge is -2.28. The Kier molecular flexibility index (Phi) is 35.3. The summed E-state index contributed by atoms with van der Waals surface area (Å²) in [6.07, 6.45) is 0.945. The quantitative estimate of drug-likeness (QED) is 0.0191. The first-order chi connectivity index (χ1) is 35.6. The Morgan fingerprint density at radius 3 is 1.05 bits per heavy atom. The average Bonchev–Trinajstić information content (AvgIpc) is 3.38. The molecule has 2 aromatic carbocycles. The molecule has 0 bridgehead atoms. The van der Waals surface area contributed by atoms with Gasteiger partial charge in [-0.25, -0.2) is 13.2 Å². The van der Waals surface area contributed by atoms with Crippen LogP contribution in [0.4, 0.5) is 27.6 Å². The van der Waals surface area contributed by atoms with E-state index in [2.05, 4.69) is 10.1 Å². The monoisotopic (exact) mass is 1060 g/mol. The summed E-state index contributed by atoms with van der Waals surface area (Å²) in [6.45, 7) is 9.49. The number of imide groups is 1. The number of ether oxygens (including phenoxy) is 14. The van der Waals surface area contributed by atoms with Gasteiger partial charge < -0.3 is 71.6 Å². The van der Waals surface area contributed by atoms with Crippen molar-refractivity contribution in [2.75, 3.05) is 184 Å². The first-order valence-corrected chi connectivity index (χ1v) is 24.0. The minimum absolute atomic E-state index is 0.0682. The van der Waals surface area contributed by atoms with Gasteiger partial charge in [-0.15, -0.1) is 0 Å². The normalized spacial score (nSPS) is 12.4. The molecule has 3 amide bonds. The van der Waals surface area contributed by atoms with Gasteiger partial charge in [0, 0.05) is 25.1 Å². The zero-order valence-corrected chi connectivity index (χ0v) is 41.1. The van der Waals surface area contributed by atoms with Gasteiger partial charge in [0.1, 0.15) is 0 Å². The average molecular weight is 1060 g/mol. The van der Waals surface area contributed by atoms with E-state index in [0.29, 0.717) is 164 Å². The number of anilines is 1. The lowest BCUT2D eigenvalue weighted by Crippen LogP contribution is -2.47. The molecular weight excluding hydrogens is 988 g/mol. The molecule has 73 heavy (non-hydrogen) atoms. The Labute approximate surface area is 421 Å². The molecule has 1 fully saturated rings. The number of benzene rings is 2. The minimum atomic E-state index is -2.36. The van der Waals surface area contributed by atoms with Crippen molar-refractivity contribution < 1.29 is 107 Å². The third kappa shape index (κ3) is 29.4. The number of hydrogen-bond donors (Lipinski definition) is 1. The van der Waals surface area contributed by atoms with Crippen LogP contribution >= 0.6 is 0 Å². The Bertz CT molecular complexity index is 1810. The zero-order valence-electron chi connectivity index (χ0n) is 41.1. The number of rotatable bonds is 47. The predicted molar refractivity (Wildman–Crippen MR) is 246 cm³/mol. The fourth-order valence-electron chi connectivity index (χ4n) is 5.84. The number of aryl methyl sites for hydroxylation is 1. The van der Waals surface area contributed by atoms with Crippen LogP contribution in [0.5, 0.6) is 5.75 Å². The van der Waals surface area contributed by atoms with Crippen LogP contribution in [-0.4, -0.2) is 207 Å². The highest BCUT2D eigenvalue weighted by Crippen LogP contribution is 2.29. The SMILES string of the molecule is O=C(CCOCCOCCOCCOCCOCCOCCOCCOCCOCCOCCOCCOCCOCCC(=O)Oc1c(F)c(F)c(F)c(F)c1F)Nc1ccc(CCC(=O)N2CCC2=O)cc1. The van der Waals surface area contributed by atoms with E-state index < -0.39 is 47.2 Å². The molecule has 0 unspecified atom stereocenters. The van der Waals surface area contributed by atoms with Gasteiger partial charge in [0.2, 0.25) is 52.6 Å². The van der Waals surface area contributed by atoms with Crippen molar-refractivity contribution in [2.45, 2.75) is 32.1 Å². The van der Waals surface area contributed by atoms with Crippen molar-refractivity contribution in [2.24, 2.45) is 0 Å². The second-order valence-corrected chi connectivity index (χ2v) is 15.3. The molecule has 0 aliphatic carbocycles. The van der Waals surface area contributed by atoms with Crippen molar-refractivity contribution >= 4 is 29.4 Å². The fraction of sp³-hybridized carbons (Fsp3) is 0.667. The molecule has 0 radical (unpaired) electrons. The molecule has 0 aromatic heterocycles. The molecule has 1 heterocycles. The lowest BCUT2D eigenvalue weighted by molar-refractivity contribution is -0.152. The maximum Gasteiger partial charge on any atom is 0.313 e. The number of likely N-dealkylation sites (tertiary alicyclic amines) is 1. The summed E-state index contributed by atoms with van der Waals surface area (Å²) in [5, 5.41) is 2.82. The van der Waals surface area contributed by atoms with Crippen LogP contribution in [0.3, 0.4) is 0 Å². The number of halogens is 5. The third-order valence-electron chi connectivity index (χ3n) is 9.79. The van der Waals surface area contributed by atoms with E-state index in [1.165, 1.54) is 4.90 Å². The van der Waals surface area contributed by atoms with Gasteiger partial charge in [0.15, 0.2) is 0 Å². The van der Waals surface area contributed by atoms with Crippen molar-refractivity contribution in [1.29, 1.82) is 0 Å². The summed E-state index contributed by atoms with van der Waals surface area (Å²) in [6, 6.07) is 7.27. The first kappa shape index (κ1) is 62.9. The van der Waals surface area contributed by atoms with Crippen LogP contribution < -0.4 is 10.1 Å². The topological polar surface area (TPSA) is 213 Å². The van der Waals surface area contributed by atoms with E-state index in [9.17, 15) is 41.1 Å². The number of carbonyl (C=O) groups excluding carboxylic acids is 4. The highest BCUT2D eigenvalue weighted by atomic mass is 19.2. The molecule has 0 spiro atoms. The lowest BCUT2D eigenvalue weighted by atomic mass is 10.1. The molecule has 414 valence electrons. The van der Waals surface area contributed by atoms with Crippen LogP contribution in [0.25, 0.3) is 0 Å². The Hall–Kier alpha value is -4.35. The van der Waals surface area contributed by atoms with E-state index in [1.807, 2.05) is 12.1 Å². The summed E-state index contributed by atoms with van der Waals surface area (Å²) >= 11 is 0. The summed E-state index contributed by atoms with van der Waals surface area (Å²) in [5.41, 5.74) is 1.61. The summed E-state index contributed by atoms with van der Waals surface area (Å²) in [4.78, 5) is 48.6. The van der Waals surface area contributed by atoms with Gasteiger partial charge in [0.05, 0.1) is 185 Å². The number of esters is 1. The predicted octanol–water partition coefficient (Wildman–Crippen LogP) is 3.61. The first-order valence-electron chi connectivity index (χ1n) is 24.0. The van der Waals surface area contributed by atoms with Crippen LogP contribution in [-0.2, 0) is 87.2 Å². The van der Waals surface area contributed by atoms with E-state index >= 15 is 0 Å². The van der Waals surface area contributed by atoms with Gasteiger partial charge in [-0.3, -0.25) is 24.1 Å². The molecule has 20 nitrogen and oxygen atoms in total. The smallest absolute Gasteiger partial charge is 0.313 e. The zero-order chi connectivity index (χ0) is 52.6. The van der Waals surface area contributed by atoms with Crippen molar-refractivity contribution in [1.82, 2.24) is 4.90 Å². The van der Waals surface area contributed by atoms with Gasteiger partial charge >= 0.3 is 5.97 Å². The molecule has 1 N–H and O–H groups in total. The molecule has 1 aliphatic heterocycles. The molecule has 0 atom stereocenters. The second-order valence-electron chi connectivity index (χ2n) is 15.3. The Balaban J connectivity index is 0.914. The standard InChI is InChI=1S/C48H69F5N2O18/c49-43-44(50)46(52)48(47(53)45(43)51)73-42(59)9-12-61-14-16-63-18-20-65-22-24-67-26-28-69-30-32-71-34-36-72-35-33-70-31-29-68-27-25-66-23-21-64-19-17-62-15-13-60-11-8-39(56)54-38-4-1-37(2-5-38)3-6-40(57)55-10-7-41(55)58/h1-2,4-5H,3,6-36H2,(H,54,56). The number of nitrogens with one attached hydrogen (secondary N) is 1. The fourth-order valence-corrected chi connectivity index (χ4v) is 5.84. The molecular formula is C48H69F5N2O18. The van der Waals surface area contributed by atoms with E-state index in [0.717, 1.165) is 5.56 Å². The molecule has 0 saturated carbocycles. The van der Waals surface area contributed by atoms with Crippen LogP contribution in [0.1, 0.15) is 31.2 Å². The largest absolute Gasteiger partial charge is 0.420 e. The maximum absolute atomic E-state index is 13.6. The van der Waals surface area contributed by atoms with Crippen LogP contribution in [0.15, 0.2) is 24.3 Å². The highest BCUT2D eigenvalue weighted by Gasteiger charge is 2.30. The molecule has 25 heteroatoms. The van der Waals surface area contributed by atoms with Crippen molar-refractivity contribution in [3.63, 3.8) is 0 Å². The molecule has 3 rings (SSSR count). The molecule has 1 saturated heterocycles. The van der Waals surface area contributed by atoms with E-state index in [4.69, 9.17) is 61.6 Å². The van der Waals surface area contributed by atoms with Crippen molar-refractivity contribution in [3.05, 3.63) is 58.9 Å². The number of amides is 3. The minimum Gasteiger partial charge on any atom is -0.420 e. The van der Waals surface area contributed by atoms with Gasteiger partial charge in [-0.2, -0.15) is 8.78 Å².